The van der Waals surface area contributed by atoms with Gasteiger partial charge in [-0.2, -0.15) is 0 Å². The lowest BCUT2D eigenvalue weighted by atomic mass is 9.88. The van der Waals surface area contributed by atoms with Crippen LogP contribution in [0.3, 0.4) is 0 Å². The lowest BCUT2D eigenvalue weighted by molar-refractivity contribution is -0.295. The molecule has 0 saturated carbocycles. The van der Waals surface area contributed by atoms with Crippen LogP contribution in [0.5, 0.6) is 0 Å². The highest BCUT2D eigenvalue weighted by Gasteiger charge is 2.53. The van der Waals surface area contributed by atoms with Gasteiger partial charge in [-0.15, -0.1) is 0 Å². The zero-order chi connectivity index (χ0) is 21.6. The van der Waals surface area contributed by atoms with Crippen LogP contribution in [0.4, 0.5) is 0 Å². The third-order valence-electron chi connectivity index (χ3n) is 3.35. The predicted molar refractivity (Wildman–Crippen MR) is 82.4 cm³/mol. The number of aliphatic carboxylic acids is 1. The van der Waals surface area contributed by atoms with E-state index in [1.54, 1.807) is 0 Å². The molecule has 15 nitrogen and oxygen atoms in total. The van der Waals surface area contributed by atoms with Crippen molar-refractivity contribution in [3.63, 3.8) is 0 Å². The zero-order valence-corrected chi connectivity index (χ0v) is 14.6. The number of rotatable bonds is 6. The summed E-state index contributed by atoms with van der Waals surface area (Å²) in [5, 5.41) is 59.1. The molecular weight excluding hydrogens is 399 g/mol. The number of amides is 1. The summed E-state index contributed by atoms with van der Waals surface area (Å²) < 4.78 is 13.7. The third kappa shape index (κ3) is 8.54. The van der Waals surface area contributed by atoms with E-state index in [1.165, 1.54) is 0 Å². The van der Waals surface area contributed by atoms with Crippen LogP contribution in [0, 0.1) is 0 Å². The van der Waals surface area contributed by atoms with Crippen LogP contribution in [-0.4, -0.2) is 107 Å². The molecule has 16 heteroatoms. The molecule has 27 heavy (non-hydrogen) atoms. The number of hydrogen-bond donors (Lipinski definition) is 11. The molecule has 1 fully saturated rings. The first-order valence-electron chi connectivity index (χ1n) is 7.22. The van der Waals surface area contributed by atoms with E-state index in [4.69, 9.17) is 39.9 Å². The number of aliphatic hydroxyl groups is 5. The van der Waals surface area contributed by atoms with E-state index in [-0.39, 0.29) is 0 Å². The number of ether oxygens (including phenoxy) is 1. The van der Waals surface area contributed by atoms with Crippen LogP contribution < -0.4 is 11.1 Å². The van der Waals surface area contributed by atoms with Crippen LogP contribution in [0.25, 0.3) is 0 Å². The molecule has 0 aromatic heterocycles. The summed E-state index contributed by atoms with van der Waals surface area (Å²) in [6.45, 7) is -1.34. The van der Waals surface area contributed by atoms with Gasteiger partial charge in [0.15, 0.2) is 0 Å². The summed E-state index contributed by atoms with van der Waals surface area (Å²) in [6, 6.07) is -1.34. The maximum atomic E-state index is 11.4. The van der Waals surface area contributed by atoms with Crippen molar-refractivity contribution in [1.29, 1.82) is 0 Å². The second-order valence-electron chi connectivity index (χ2n) is 5.49. The monoisotopic (exact) mass is 422 g/mol. The Labute approximate surface area is 151 Å². The maximum absolute atomic E-state index is 11.4. The fraction of sp³-hybridized carbons (Fsp3) is 0.818. The largest absolute Gasteiger partial charge is 0.477 e. The molecule has 0 bridgehead atoms. The zero-order valence-electron chi connectivity index (χ0n) is 13.7. The molecule has 0 aliphatic carbocycles. The number of hydrogen-bond acceptors (Lipinski definition) is 10. The van der Waals surface area contributed by atoms with E-state index in [2.05, 4.69) is 5.32 Å². The Morgan fingerprint density at radius 1 is 1.30 bits per heavy atom. The molecule has 0 radical (unpaired) electrons. The van der Waals surface area contributed by atoms with Crippen molar-refractivity contribution in [3.05, 3.63) is 0 Å². The molecule has 1 amide bonds. The van der Waals surface area contributed by atoms with Gasteiger partial charge < -0.3 is 61.1 Å². The second kappa shape index (κ2) is 10.4. The molecule has 1 aliphatic rings. The van der Waals surface area contributed by atoms with Gasteiger partial charge >= 0.3 is 13.8 Å². The van der Waals surface area contributed by atoms with Crippen LogP contribution in [0.2, 0.25) is 0 Å². The van der Waals surface area contributed by atoms with Gasteiger partial charge in [-0.25, -0.2) is 9.36 Å². The summed E-state index contributed by atoms with van der Waals surface area (Å²) >= 11 is 0. The highest BCUT2D eigenvalue weighted by atomic mass is 31.2. The van der Waals surface area contributed by atoms with Crippen molar-refractivity contribution >= 4 is 19.7 Å². The van der Waals surface area contributed by atoms with Gasteiger partial charge in [0.2, 0.25) is 5.91 Å². The van der Waals surface area contributed by atoms with Gasteiger partial charge in [0, 0.05) is 6.42 Å². The fourth-order valence-corrected chi connectivity index (χ4v) is 2.15. The normalized spacial score (nSPS) is 30.5. The molecule has 6 atom stereocenters. The number of aliphatic hydroxyl groups excluding tert-OH is 4. The predicted octanol–water partition coefficient (Wildman–Crippen LogP) is -5.86. The van der Waals surface area contributed by atoms with E-state index in [0.29, 0.717) is 0 Å². The van der Waals surface area contributed by atoms with Crippen molar-refractivity contribution in [2.75, 3.05) is 13.2 Å². The molecule has 0 spiro atoms. The topological polar surface area (TPSA) is 281 Å². The van der Waals surface area contributed by atoms with Gasteiger partial charge in [-0.05, 0) is 0 Å². The minimum atomic E-state index is -4.64. The van der Waals surface area contributed by atoms with Crippen LogP contribution >= 0.6 is 7.82 Å². The Morgan fingerprint density at radius 2 is 1.78 bits per heavy atom. The summed E-state index contributed by atoms with van der Waals surface area (Å²) in [5.41, 5.74) is 5.11. The molecule has 1 aliphatic heterocycles. The first-order chi connectivity index (χ1) is 12.2. The lowest BCUT2D eigenvalue weighted by Crippen LogP contribution is -2.67. The smallest absolute Gasteiger partial charge is 0.466 e. The second-order valence-corrected chi connectivity index (χ2v) is 6.52. The first kappa shape index (κ1) is 25.8. The summed E-state index contributed by atoms with van der Waals surface area (Å²) in [7, 11) is -4.64. The van der Waals surface area contributed by atoms with Crippen molar-refractivity contribution in [1.82, 2.24) is 5.32 Å². The van der Waals surface area contributed by atoms with Crippen LogP contribution in [-0.2, 0) is 18.9 Å². The molecule has 0 aromatic carbocycles. The summed E-state index contributed by atoms with van der Waals surface area (Å²) in [4.78, 5) is 43.9. The Hall–Kier alpha value is -1.23. The molecule has 160 valence electrons. The molecule has 1 heterocycles. The Bertz CT molecular complexity index is 548. The van der Waals surface area contributed by atoms with E-state index in [0.717, 1.165) is 0 Å². The van der Waals surface area contributed by atoms with Gasteiger partial charge in [-0.3, -0.25) is 4.79 Å². The van der Waals surface area contributed by atoms with E-state index < -0.39 is 75.5 Å². The lowest BCUT2D eigenvalue weighted by Gasteiger charge is -2.44. The molecule has 1 saturated heterocycles. The van der Waals surface area contributed by atoms with Crippen LogP contribution in [0.15, 0.2) is 0 Å². The van der Waals surface area contributed by atoms with Crippen molar-refractivity contribution < 1.29 is 64.2 Å². The molecule has 1 rings (SSSR count). The van der Waals surface area contributed by atoms with Gasteiger partial charge in [0.05, 0.1) is 25.3 Å². The number of carbonyl (C=O) groups excluding carboxylic acids is 1. The fourth-order valence-electron chi connectivity index (χ4n) is 2.15. The average molecular weight is 422 g/mol. The average Bonchev–Trinajstić information content (AvgIpc) is 2.53. The maximum Gasteiger partial charge on any atom is 0.466 e. The standard InChI is InChI=1S/C11H20N2O9.H3O4P/c12-2-6(17)13-7-4(15)1-11(21,10(19)20)22-9(7)8(18)5(16)3-14;1-5(2,3)4/h4-5,7-9,14-16,18,21H,1-3,12H2,(H,13,17)(H,19,20);(H3,1,2,3,4)/t4-,5?,7+,8?,9+,11?;/m0./s1. The summed E-state index contributed by atoms with van der Waals surface area (Å²) in [5.74, 6) is -5.36. The van der Waals surface area contributed by atoms with Gasteiger partial charge in [-0.1, -0.05) is 0 Å². The number of carboxylic acid groups (broad SMARTS) is 1. The Morgan fingerprint density at radius 3 is 2.15 bits per heavy atom. The Kier molecular flexibility index (Phi) is 9.88. The van der Waals surface area contributed by atoms with Crippen molar-refractivity contribution in [2.45, 2.75) is 42.7 Å². The highest BCUT2D eigenvalue weighted by molar-refractivity contribution is 7.45. The van der Waals surface area contributed by atoms with Gasteiger partial charge in [0.25, 0.3) is 5.79 Å². The molecule has 3 unspecified atom stereocenters. The Balaban J connectivity index is 0.00000119. The van der Waals surface area contributed by atoms with E-state index >= 15 is 0 Å². The number of carbonyl (C=O) groups is 2. The van der Waals surface area contributed by atoms with Crippen molar-refractivity contribution in [3.8, 4) is 0 Å². The minimum absolute atomic E-state index is 0.447. The number of carboxylic acids is 1. The molecule has 12 N–H and O–H groups in total. The quantitative estimate of drug-likeness (QED) is 0.178. The molecule has 0 aromatic rings. The SMILES string of the molecule is NCC(=O)N[C@@H]1[C@@H](O)CC(O)(C(=O)O)O[C@H]1C(O)C(O)CO.O=P(O)(O)O. The number of phosphoric acid groups is 1. The van der Waals surface area contributed by atoms with E-state index in [1.807, 2.05) is 0 Å². The third-order valence-corrected chi connectivity index (χ3v) is 3.35. The van der Waals surface area contributed by atoms with Gasteiger partial charge in [0.1, 0.15) is 18.3 Å². The van der Waals surface area contributed by atoms with E-state index in [9.17, 15) is 30.0 Å². The number of nitrogens with two attached hydrogens (primary N) is 1. The summed E-state index contributed by atoms with van der Waals surface area (Å²) in [6.07, 6.45) is -7.70. The minimum Gasteiger partial charge on any atom is -0.477 e. The van der Waals surface area contributed by atoms with Crippen molar-refractivity contribution in [2.24, 2.45) is 5.73 Å². The van der Waals surface area contributed by atoms with Crippen LogP contribution in [0.1, 0.15) is 6.42 Å². The number of nitrogens with one attached hydrogen (secondary N) is 1. The first-order valence-corrected chi connectivity index (χ1v) is 8.79. The molecular formula is C11H23N2O13P. The highest BCUT2D eigenvalue weighted by Crippen LogP contribution is 2.30.